The van der Waals surface area contributed by atoms with Crippen molar-refractivity contribution in [3.05, 3.63) is 18.1 Å². The Morgan fingerprint density at radius 1 is 1.53 bits per heavy atom. The van der Waals surface area contributed by atoms with E-state index in [0.717, 1.165) is 6.54 Å². The fourth-order valence-corrected chi connectivity index (χ4v) is 1.41. The van der Waals surface area contributed by atoms with E-state index in [1.807, 2.05) is 11.8 Å². The van der Waals surface area contributed by atoms with E-state index in [2.05, 4.69) is 9.97 Å². The second kappa shape index (κ2) is 5.57. The number of hydrogen-bond acceptors (Lipinski definition) is 5. The average Bonchev–Trinajstić information content (AvgIpc) is 2.26. The molecule has 0 saturated heterocycles. The van der Waals surface area contributed by atoms with Crippen LogP contribution < -0.4 is 10.6 Å². The lowest BCUT2D eigenvalue weighted by molar-refractivity contribution is 0.302. The Labute approximate surface area is 93.9 Å². The molecule has 3 N–H and O–H groups in total. The third-order valence-electron chi connectivity index (χ3n) is 1.96. The van der Waals surface area contributed by atoms with Crippen LogP contribution in [-0.2, 0) is 0 Å². The molecule has 0 fully saturated rings. The molecule has 0 radical (unpaired) electrons. The first-order valence-corrected chi connectivity index (χ1v) is 5.08. The third-order valence-corrected chi connectivity index (χ3v) is 2.16. The molecule has 0 aromatic carbocycles. The van der Waals surface area contributed by atoms with Crippen LogP contribution in [0, 0.1) is 0 Å². The summed E-state index contributed by atoms with van der Waals surface area (Å²) in [6.07, 6.45) is 3.13. The van der Waals surface area contributed by atoms with E-state index in [0.29, 0.717) is 18.1 Å². The molecule has 82 valence electrons. The average molecular weight is 226 g/mol. The summed E-state index contributed by atoms with van der Waals surface area (Å²) >= 11 is 4.89. The maximum absolute atomic E-state index is 8.90. The van der Waals surface area contributed by atoms with Crippen molar-refractivity contribution in [3.63, 3.8) is 0 Å². The van der Waals surface area contributed by atoms with Gasteiger partial charge in [0.05, 0.1) is 6.61 Å². The number of nitrogens with zero attached hydrogens (tertiary/aromatic N) is 3. The summed E-state index contributed by atoms with van der Waals surface area (Å²) < 4.78 is 0. The maximum Gasteiger partial charge on any atom is 0.157 e. The monoisotopic (exact) mass is 226 g/mol. The number of thiocarbonyl (C=S) groups is 1. The lowest BCUT2D eigenvalue weighted by Crippen LogP contribution is -2.30. The summed E-state index contributed by atoms with van der Waals surface area (Å²) in [5.74, 6) is 0.626. The summed E-state index contributed by atoms with van der Waals surface area (Å²) in [5, 5.41) is 8.90. The van der Waals surface area contributed by atoms with Gasteiger partial charge in [0.1, 0.15) is 10.7 Å². The fraction of sp³-hybridized carbons (Fsp3) is 0.444. The minimum atomic E-state index is 0.0567. The lowest BCUT2D eigenvalue weighted by Gasteiger charge is -2.22. The Balaban J connectivity index is 3.04. The zero-order valence-corrected chi connectivity index (χ0v) is 9.37. The largest absolute Gasteiger partial charge is 0.395 e. The SMILES string of the molecule is CCN(CCO)c1nccnc1C(N)=S. The van der Waals surface area contributed by atoms with Crippen LogP contribution in [0.25, 0.3) is 0 Å². The van der Waals surface area contributed by atoms with Crippen molar-refractivity contribution in [3.8, 4) is 0 Å². The normalized spacial score (nSPS) is 10.0. The number of rotatable bonds is 5. The van der Waals surface area contributed by atoms with Crippen molar-refractivity contribution in [2.24, 2.45) is 5.73 Å². The van der Waals surface area contributed by atoms with Crippen molar-refractivity contribution in [1.29, 1.82) is 0 Å². The van der Waals surface area contributed by atoms with Crippen LogP contribution in [0.1, 0.15) is 12.6 Å². The summed E-state index contributed by atoms with van der Waals surface area (Å²) in [7, 11) is 0. The van der Waals surface area contributed by atoms with Crippen molar-refractivity contribution in [2.75, 3.05) is 24.6 Å². The molecule has 0 aliphatic heterocycles. The second-order valence-corrected chi connectivity index (χ2v) is 3.34. The van der Waals surface area contributed by atoms with Crippen molar-refractivity contribution in [1.82, 2.24) is 9.97 Å². The number of nitrogens with two attached hydrogens (primary N) is 1. The highest BCUT2D eigenvalue weighted by Crippen LogP contribution is 2.13. The number of anilines is 1. The van der Waals surface area contributed by atoms with Crippen LogP contribution in [0.15, 0.2) is 12.4 Å². The first kappa shape index (κ1) is 11.8. The molecule has 0 aliphatic rings. The van der Waals surface area contributed by atoms with Gasteiger partial charge in [-0.25, -0.2) is 9.97 Å². The minimum Gasteiger partial charge on any atom is -0.395 e. The number of aromatic nitrogens is 2. The Morgan fingerprint density at radius 2 is 2.20 bits per heavy atom. The van der Waals surface area contributed by atoms with E-state index in [1.165, 1.54) is 0 Å². The van der Waals surface area contributed by atoms with Gasteiger partial charge in [-0.1, -0.05) is 12.2 Å². The first-order chi connectivity index (χ1) is 7.20. The number of hydrogen-bond donors (Lipinski definition) is 2. The quantitative estimate of drug-likeness (QED) is 0.685. The van der Waals surface area contributed by atoms with E-state index in [1.54, 1.807) is 12.4 Å². The van der Waals surface area contributed by atoms with E-state index in [-0.39, 0.29) is 11.6 Å². The maximum atomic E-state index is 8.90. The van der Waals surface area contributed by atoms with Gasteiger partial charge in [0.15, 0.2) is 5.82 Å². The van der Waals surface area contributed by atoms with Crippen LogP contribution in [0.2, 0.25) is 0 Å². The second-order valence-electron chi connectivity index (χ2n) is 2.90. The number of likely N-dealkylation sites (N-methyl/N-ethyl adjacent to an activating group) is 1. The molecule has 0 saturated carbocycles. The molecular formula is C9H14N4OS. The summed E-state index contributed by atoms with van der Waals surface area (Å²) in [6.45, 7) is 3.23. The van der Waals surface area contributed by atoms with Gasteiger partial charge in [-0.3, -0.25) is 0 Å². The Kier molecular flexibility index (Phi) is 4.38. The van der Waals surface area contributed by atoms with Crippen LogP contribution in [0.3, 0.4) is 0 Å². The minimum absolute atomic E-state index is 0.0567. The number of aliphatic hydroxyl groups is 1. The molecule has 0 aliphatic carbocycles. The van der Waals surface area contributed by atoms with Crippen molar-refractivity contribution < 1.29 is 5.11 Å². The molecule has 6 heteroatoms. The summed E-state index contributed by atoms with van der Waals surface area (Å²) in [5.41, 5.74) is 6.05. The zero-order chi connectivity index (χ0) is 11.3. The van der Waals surface area contributed by atoms with Gasteiger partial charge in [-0.05, 0) is 6.92 Å². The predicted molar refractivity (Wildman–Crippen MR) is 62.9 cm³/mol. The van der Waals surface area contributed by atoms with Gasteiger partial charge < -0.3 is 15.7 Å². The van der Waals surface area contributed by atoms with Crippen molar-refractivity contribution in [2.45, 2.75) is 6.92 Å². The summed E-state index contributed by atoms with van der Waals surface area (Å²) in [6, 6.07) is 0. The molecule has 0 unspecified atom stereocenters. The highest BCUT2D eigenvalue weighted by molar-refractivity contribution is 7.80. The zero-order valence-electron chi connectivity index (χ0n) is 8.55. The molecular weight excluding hydrogens is 212 g/mol. The Bertz CT molecular complexity index is 345. The standard InChI is InChI=1S/C9H14N4OS/c1-2-13(5-6-14)9-7(8(10)15)11-3-4-12-9/h3-4,14H,2,5-6H2,1H3,(H2,10,15). The van der Waals surface area contributed by atoms with Crippen LogP contribution in [-0.4, -0.2) is 39.8 Å². The van der Waals surface area contributed by atoms with Crippen LogP contribution >= 0.6 is 12.2 Å². The van der Waals surface area contributed by atoms with E-state index < -0.39 is 0 Å². The van der Waals surface area contributed by atoms with E-state index in [4.69, 9.17) is 23.1 Å². The highest BCUT2D eigenvalue weighted by Gasteiger charge is 2.13. The molecule has 0 bridgehead atoms. The predicted octanol–water partition coefficient (Wildman–Crippen LogP) is -0.0706. The topological polar surface area (TPSA) is 75.3 Å². The highest BCUT2D eigenvalue weighted by atomic mass is 32.1. The van der Waals surface area contributed by atoms with Crippen LogP contribution in [0.5, 0.6) is 0 Å². The van der Waals surface area contributed by atoms with Gasteiger partial charge in [-0.15, -0.1) is 0 Å². The molecule has 5 nitrogen and oxygen atoms in total. The van der Waals surface area contributed by atoms with Crippen molar-refractivity contribution >= 4 is 23.0 Å². The molecule has 15 heavy (non-hydrogen) atoms. The van der Waals surface area contributed by atoms with Gasteiger partial charge >= 0.3 is 0 Å². The summed E-state index contributed by atoms with van der Waals surface area (Å²) in [4.78, 5) is 10.3. The third kappa shape index (κ3) is 2.84. The molecule has 0 spiro atoms. The molecule has 0 amide bonds. The lowest BCUT2D eigenvalue weighted by atomic mass is 10.3. The smallest absolute Gasteiger partial charge is 0.157 e. The Hall–Kier alpha value is -1.27. The number of aliphatic hydroxyl groups excluding tert-OH is 1. The van der Waals surface area contributed by atoms with Gasteiger partial charge in [0, 0.05) is 25.5 Å². The van der Waals surface area contributed by atoms with E-state index in [9.17, 15) is 0 Å². The van der Waals surface area contributed by atoms with Gasteiger partial charge in [0.25, 0.3) is 0 Å². The molecule has 1 aromatic rings. The van der Waals surface area contributed by atoms with Gasteiger partial charge in [0.2, 0.25) is 0 Å². The molecule has 1 heterocycles. The van der Waals surface area contributed by atoms with Gasteiger partial charge in [-0.2, -0.15) is 0 Å². The molecule has 1 aromatic heterocycles. The molecule has 1 rings (SSSR count). The fourth-order valence-electron chi connectivity index (χ4n) is 1.27. The first-order valence-electron chi connectivity index (χ1n) is 4.67. The van der Waals surface area contributed by atoms with Crippen LogP contribution in [0.4, 0.5) is 5.82 Å². The Morgan fingerprint density at radius 3 is 2.73 bits per heavy atom. The van der Waals surface area contributed by atoms with E-state index >= 15 is 0 Å². The molecule has 0 atom stereocenters.